The second-order valence-corrected chi connectivity index (χ2v) is 8.08. The minimum Gasteiger partial charge on any atom is -0.336 e. The highest BCUT2D eigenvalue weighted by Crippen LogP contribution is 2.24. The molecule has 0 bridgehead atoms. The zero-order valence-electron chi connectivity index (χ0n) is 13.2. The number of carbonyl (C=O) groups excluding carboxylic acids is 1. The van der Waals surface area contributed by atoms with E-state index < -0.39 is 10.0 Å². The van der Waals surface area contributed by atoms with Gasteiger partial charge in [0.1, 0.15) is 0 Å². The Hall–Kier alpha value is -1.28. The molecule has 0 fully saturated rings. The molecule has 0 heterocycles. The lowest BCUT2D eigenvalue weighted by atomic mass is 10.2. The summed E-state index contributed by atoms with van der Waals surface area (Å²) in [4.78, 5) is 11.5. The fraction of sp³-hybridized carbons (Fsp3) is 0.500. The third-order valence-corrected chi connectivity index (χ3v) is 4.93. The van der Waals surface area contributed by atoms with Gasteiger partial charge >= 0.3 is 6.03 Å². The van der Waals surface area contributed by atoms with Gasteiger partial charge in [0.2, 0.25) is 10.0 Å². The van der Waals surface area contributed by atoms with Crippen molar-refractivity contribution >= 4 is 37.7 Å². The van der Waals surface area contributed by atoms with Gasteiger partial charge in [0.05, 0.1) is 18.5 Å². The van der Waals surface area contributed by atoms with Crippen molar-refractivity contribution in [1.29, 1.82) is 0 Å². The largest absolute Gasteiger partial charge is 0.336 e. The third kappa shape index (κ3) is 5.84. The van der Waals surface area contributed by atoms with E-state index in [0.717, 1.165) is 16.3 Å². The number of sulfonamides is 1. The van der Waals surface area contributed by atoms with Crippen molar-refractivity contribution in [3.8, 4) is 0 Å². The van der Waals surface area contributed by atoms with Crippen LogP contribution in [-0.4, -0.2) is 39.8 Å². The van der Waals surface area contributed by atoms with Gasteiger partial charge in [-0.1, -0.05) is 15.9 Å². The topological polar surface area (TPSA) is 78.5 Å². The van der Waals surface area contributed by atoms with Gasteiger partial charge in [0, 0.05) is 17.1 Å². The van der Waals surface area contributed by atoms with E-state index in [1.165, 1.54) is 4.31 Å². The molecule has 124 valence electrons. The van der Waals surface area contributed by atoms with Crippen LogP contribution in [0.25, 0.3) is 0 Å². The van der Waals surface area contributed by atoms with E-state index in [0.29, 0.717) is 5.69 Å². The van der Waals surface area contributed by atoms with E-state index in [1.54, 1.807) is 12.1 Å². The Labute approximate surface area is 140 Å². The highest BCUT2D eigenvalue weighted by Gasteiger charge is 2.18. The van der Waals surface area contributed by atoms with E-state index in [4.69, 9.17) is 0 Å². The summed E-state index contributed by atoms with van der Waals surface area (Å²) in [7, 11) is -3.42. The van der Waals surface area contributed by atoms with E-state index in [-0.39, 0.29) is 25.2 Å². The minimum absolute atomic E-state index is 0.0279. The van der Waals surface area contributed by atoms with Gasteiger partial charge in [0.25, 0.3) is 0 Å². The number of urea groups is 1. The Morgan fingerprint density at radius 3 is 2.50 bits per heavy atom. The van der Waals surface area contributed by atoms with Crippen molar-refractivity contribution in [2.45, 2.75) is 26.8 Å². The molecule has 0 aromatic heterocycles. The average Bonchev–Trinajstić information content (AvgIpc) is 2.36. The van der Waals surface area contributed by atoms with Gasteiger partial charge in [-0.2, -0.15) is 0 Å². The first-order chi connectivity index (χ1) is 10.1. The predicted molar refractivity (Wildman–Crippen MR) is 92.7 cm³/mol. The molecular weight excluding hydrogens is 370 g/mol. The molecule has 6 nitrogen and oxygen atoms in total. The molecule has 0 aliphatic carbocycles. The van der Waals surface area contributed by atoms with Gasteiger partial charge in [-0.25, -0.2) is 13.2 Å². The number of benzene rings is 1. The number of hydrogen-bond donors (Lipinski definition) is 2. The second kappa shape index (κ2) is 7.82. The average molecular weight is 392 g/mol. The van der Waals surface area contributed by atoms with Crippen LogP contribution in [0.1, 0.15) is 19.4 Å². The number of nitrogens with one attached hydrogen (secondary N) is 2. The summed E-state index contributed by atoms with van der Waals surface area (Å²) in [6.07, 6.45) is 1.15. The van der Waals surface area contributed by atoms with Crippen molar-refractivity contribution in [1.82, 2.24) is 10.6 Å². The number of carbonyl (C=O) groups is 1. The number of halogens is 1. The SMILES string of the molecule is Cc1cc(N(CCNC(=O)NC(C)C)S(C)(=O)=O)ccc1Br. The highest BCUT2D eigenvalue weighted by molar-refractivity contribution is 9.10. The maximum Gasteiger partial charge on any atom is 0.315 e. The zero-order valence-corrected chi connectivity index (χ0v) is 15.6. The molecule has 8 heteroatoms. The van der Waals surface area contributed by atoms with Crippen LogP contribution in [0.2, 0.25) is 0 Å². The molecular formula is C14H22BrN3O3S. The second-order valence-electron chi connectivity index (χ2n) is 5.32. The first kappa shape index (κ1) is 18.8. The van der Waals surface area contributed by atoms with Crippen LogP contribution >= 0.6 is 15.9 Å². The van der Waals surface area contributed by atoms with Crippen LogP contribution in [0.3, 0.4) is 0 Å². The highest BCUT2D eigenvalue weighted by atomic mass is 79.9. The maximum atomic E-state index is 12.0. The van der Waals surface area contributed by atoms with Gasteiger partial charge < -0.3 is 10.6 Å². The fourth-order valence-electron chi connectivity index (χ4n) is 1.85. The molecule has 0 saturated heterocycles. The molecule has 0 radical (unpaired) electrons. The molecule has 2 amide bonds. The zero-order chi connectivity index (χ0) is 16.9. The van der Waals surface area contributed by atoms with Gasteiger partial charge in [-0.15, -0.1) is 0 Å². The smallest absolute Gasteiger partial charge is 0.315 e. The van der Waals surface area contributed by atoms with Crippen LogP contribution in [0.5, 0.6) is 0 Å². The number of aryl methyl sites for hydroxylation is 1. The van der Waals surface area contributed by atoms with Crippen molar-refractivity contribution in [2.24, 2.45) is 0 Å². The van der Waals surface area contributed by atoms with Crippen molar-refractivity contribution < 1.29 is 13.2 Å². The van der Waals surface area contributed by atoms with E-state index in [9.17, 15) is 13.2 Å². The molecule has 1 rings (SSSR count). The van der Waals surface area contributed by atoms with Crippen LogP contribution in [-0.2, 0) is 10.0 Å². The third-order valence-electron chi connectivity index (χ3n) is 2.85. The minimum atomic E-state index is -3.42. The summed E-state index contributed by atoms with van der Waals surface area (Å²) in [6, 6.07) is 5.04. The Kier molecular flexibility index (Phi) is 6.67. The molecule has 0 saturated carbocycles. The van der Waals surface area contributed by atoms with Gasteiger partial charge in [0.15, 0.2) is 0 Å². The van der Waals surface area contributed by atoms with Crippen molar-refractivity contribution in [3.05, 3.63) is 28.2 Å². The molecule has 0 atom stereocenters. The van der Waals surface area contributed by atoms with Crippen molar-refractivity contribution in [2.75, 3.05) is 23.7 Å². The summed E-state index contributed by atoms with van der Waals surface area (Å²) in [6.45, 7) is 5.99. The molecule has 0 aliphatic rings. The van der Waals surface area contributed by atoms with Crippen LogP contribution in [0.4, 0.5) is 10.5 Å². The lowest BCUT2D eigenvalue weighted by molar-refractivity contribution is 0.239. The summed E-state index contributed by atoms with van der Waals surface area (Å²) in [5.41, 5.74) is 1.52. The number of rotatable bonds is 6. The number of anilines is 1. The first-order valence-corrected chi connectivity index (χ1v) is 9.53. The van der Waals surface area contributed by atoms with E-state index >= 15 is 0 Å². The Morgan fingerprint density at radius 1 is 1.36 bits per heavy atom. The molecule has 2 N–H and O–H groups in total. The van der Waals surface area contributed by atoms with Crippen LogP contribution in [0, 0.1) is 6.92 Å². The summed E-state index contributed by atoms with van der Waals surface area (Å²) >= 11 is 3.39. The van der Waals surface area contributed by atoms with E-state index in [1.807, 2.05) is 26.8 Å². The van der Waals surface area contributed by atoms with Crippen LogP contribution in [0.15, 0.2) is 22.7 Å². The molecule has 22 heavy (non-hydrogen) atoms. The Bertz CT molecular complexity index is 632. The predicted octanol–water partition coefficient (Wildman–Crippen LogP) is 2.23. The molecule has 0 unspecified atom stereocenters. The number of hydrogen-bond acceptors (Lipinski definition) is 3. The molecule has 0 spiro atoms. The fourth-order valence-corrected chi connectivity index (χ4v) is 3.02. The Morgan fingerprint density at radius 2 is 2.00 bits per heavy atom. The lowest BCUT2D eigenvalue weighted by Crippen LogP contribution is -2.43. The number of nitrogens with zero attached hydrogens (tertiary/aromatic N) is 1. The normalized spacial score (nSPS) is 11.4. The van der Waals surface area contributed by atoms with E-state index in [2.05, 4.69) is 26.6 Å². The summed E-state index contributed by atoms with van der Waals surface area (Å²) < 4.78 is 26.1. The van der Waals surface area contributed by atoms with Crippen LogP contribution < -0.4 is 14.9 Å². The summed E-state index contributed by atoms with van der Waals surface area (Å²) in [5, 5.41) is 5.33. The monoisotopic (exact) mass is 391 g/mol. The maximum absolute atomic E-state index is 12.0. The molecule has 0 aliphatic heterocycles. The standard InChI is InChI=1S/C14H22BrN3O3S/c1-10(2)17-14(19)16-7-8-18(22(4,20)21)12-5-6-13(15)11(3)9-12/h5-6,9-10H,7-8H2,1-4H3,(H2,16,17,19). The molecule has 1 aromatic carbocycles. The Balaban J connectivity index is 2.79. The summed E-state index contributed by atoms with van der Waals surface area (Å²) in [5.74, 6) is 0. The molecule has 1 aromatic rings. The number of amides is 2. The lowest BCUT2D eigenvalue weighted by Gasteiger charge is -2.23. The van der Waals surface area contributed by atoms with Crippen molar-refractivity contribution in [3.63, 3.8) is 0 Å². The quantitative estimate of drug-likeness (QED) is 0.780. The van der Waals surface area contributed by atoms with Gasteiger partial charge in [-0.3, -0.25) is 4.31 Å². The first-order valence-electron chi connectivity index (χ1n) is 6.89. The van der Waals surface area contributed by atoms with Gasteiger partial charge in [-0.05, 0) is 44.5 Å².